The normalized spacial score (nSPS) is 27.0. The number of hydrogen-bond acceptors (Lipinski definition) is 4. The second-order valence-electron chi connectivity index (χ2n) is 6.92. The molecule has 25 heavy (non-hydrogen) atoms. The number of carbonyl (C=O) groups is 2. The van der Waals surface area contributed by atoms with E-state index in [0.29, 0.717) is 35.8 Å². The molecule has 3 heterocycles. The SMILES string of the molecule is CCN1CC[C@H]2[C@@H]1CCN2c1ccc(N2CCC(=O)NC2=O)c(Cl)c1. The fourth-order valence-corrected chi connectivity index (χ4v) is 4.75. The standard InChI is InChI=1S/C18H23ClN4O2/c1-2-21-8-5-16-15(21)6-9-22(16)12-3-4-14(13(19)11-12)23-10-7-17(24)20-18(23)25/h3-4,11,15-16H,2,5-10H2,1H3,(H,20,24,25)/t15-,16-/m0/s1. The first kappa shape index (κ1) is 16.7. The Morgan fingerprint density at radius 3 is 2.68 bits per heavy atom. The van der Waals surface area contributed by atoms with E-state index in [4.69, 9.17) is 11.6 Å². The van der Waals surface area contributed by atoms with Crippen LogP contribution in [0, 0.1) is 0 Å². The van der Waals surface area contributed by atoms with Gasteiger partial charge in [-0.2, -0.15) is 0 Å². The maximum Gasteiger partial charge on any atom is 0.328 e. The van der Waals surface area contributed by atoms with E-state index in [1.807, 2.05) is 18.2 Å². The largest absolute Gasteiger partial charge is 0.367 e. The lowest BCUT2D eigenvalue weighted by atomic mass is 10.1. The zero-order valence-corrected chi connectivity index (χ0v) is 15.1. The molecule has 3 aliphatic heterocycles. The Morgan fingerprint density at radius 2 is 1.96 bits per heavy atom. The first-order valence-corrected chi connectivity index (χ1v) is 9.38. The van der Waals surface area contributed by atoms with Gasteiger partial charge in [-0.3, -0.25) is 19.9 Å². The van der Waals surface area contributed by atoms with Gasteiger partial charge in [0.15, 0.2) is 0 Å². The highest BCUT2D eigenvalue weighted by Gasteiger charge is 2.41. The van der Waals surface area contributed by atoms with Crippen LogP contribution < -0.4 is 15.1 Å². The molecule has 3 saturated heterocycles. The van der Waals surface area contributed by atoms with Crippen molar-refractivity contribution >= 4 is 34.9 Å². The van der Waals surface area contributed by atoms with E-state index in [0.717, 1.165) is 25.3 Å². The summed E-state index contributed by atoms with van der Waals surface area (Å²) in [4.78, 5) is 29.9. The van der Waals surface area contributed by atoms with Crippen LogP contribution in [-0.2, 0) is 4.79 Å². The van der Waals surface area contributed by atoms with Crippen molar-refractivity contribution < 1.29 is 9.59 Å². The molecular weight excluding hydrogens is 340 g/mol. The van der Waals surface area contributed by atoms with Gasteiger partial charge in [0.1, 0.15) is 0 Å². The molecule has 0 aromatic heterocycles. The molecule has 3 aliphatic rings. The summed E-state index contributed by atoms with van der Waals surface area (Å²) in [6.07, 6.45) is 2.68. The number of amides is 3. The van der Waals surface area contributed by atoms with Crippen molar-refractivity contribution in [1.82, 2.24) is 10.2 Å². The average molecular weight is 363 g/mol. The topological polar surface area (TPSA) is 55.9 Å². The molecule has 1 aromatic rings. The van der Waals surface area contributed by atoms with Crippen LogP contribution in [0.25, 0.3) is 0 Å². The first-order chi connectivity index (χ1) is 12.1. The lowest BCUT2D eigenvalue weighted by Crippen LogP contribution is -2.49. The van der Waals surface area contributed by atoms with E-state index in [1.54, 1.807) is 0 Å². The molecule has 134 valence electrons. The van der Waals surface area contributed by atoms with Gasteiger partial charge in [0.05, 0.1) is 10.7 Å². The van der Waals surface area contributed by atoms with Gasteiger partial charge in [-0.05, 0) is 37.6 Å². The minimum atomic E-state index is -0.401. The number of fused-ring (bicyclic) bond motifs is 1. The van der Waals surface area contributed by atoms with Crippen LogP contribution in [0.3, 0.4) is 0 Å². The molecular formula is C18H23ClN4O2. The number of imide groups is 1. The van der Waals surface area contributed by atoms with E-state index in [9.17, 15) is 9.59 Å². The molecule has 2 atom stereocenters. The van der Waals surface area contributed by atoms with Crippen molar-refractivity contribution in [2.24, 2.45) is 0 Å². The van der Waals surface area contributed by atoms with Gasteiger partial charge < -0.3 is 4.90 Å². The Balaban J connectivity index is 1.55. The van der Waals surface area contributed by atoms with Crippen molar-refractivity contribution in [3.63, 3.8) is 0 Å². The predicted octanol–water partition coefficient (Wildman–Crippen LogP) is 2.46. The molecule has 3 fully saturated rings. The Morgan fingerprint density at radius 1 is 1.16 bits per heavy atom. The molecule has 0 saturated carbocycles. The van der Waals surface area contributed by atoms with Crippen LogP contribution in [-0.4, -0.2) is 55.1 Å². The third kappa shape index (κ3) is 2.87. The fraction of sp³-hybridized carbons (Fsp3) is 0.556. The van der Waals surface area contributed by atoms with Crippen LogP contribution >= 0.6 is 11.6 Å². The second-order valence-corrected chi connectivity index (χ2v) is 7.33. The molecule has 3 amide bonds. The van der Waals surface area contributed by atoms with Gasteiger partial charge >= 0.3 is 6.03 Å². The number of hydrogen-bond donors (Lipinski definition) is 1. The van der Waals surface area contributed by atoms with Gasteiger partial charge in [-0.25, -0.2) is 4.79 Å². The van der Waals surface area contributed by atoms with E-state index < -0.39 is 6.03 Å². The molecule has 6 nitrogen and oxygen atoms in total. The number of urea groups is 1. The van der Waals surface area contributed by atoms with E-state index in [2.05, 4.69) is 22.0 Å². The molecule has 0 spiro atoms. The second kappa shape index (κ2) is 6.50. The van der Waals surface area contributed by atoms with Crippen LogP contribution in [0.5, 0.6) is 0 Å². The van der Waals surface area contributed by atoms with E-state index in [-0.39, 0.29) is 5.91 Å². The number of likely N-dealkylation sites (tertiary alicyclic amines) is 1. The Bertz CT molecular complexity index is 710. The maximum atomic E-state index is 12.0. The predicted molar refractivity (Wildman–Crippen MR) is 98.4 cm³/mol. The third-order valence-corrected chi connectivity index (χ3v) is 6.01. The lowest BCUT2D eigenvalue weighted by Gasteiger charge is -2.30. The highest BCUT2D eigenvalue weighted by molar-refractivity contribution is 6.34. The first-order valence-electron chi connectivity index (χ1n) is 9.00. The van der Waals surface area contributed by atoms with Crippen molar-refractivity contribution in [2.45, 2.75) is 38.3 Å². The summed E-state index contributed by atoms with van der Waals surface area (Å²) in [5.41, 5.74) is 1.78. The smallest absolute Gasteiger partial charge is 0.328 e. The lowest BCUT2D eigenvalue weighted by molar-refractivity contribution is -0.120. The number of nitrogens with one attached hydrogen (secondary N) is 1. The van der Waals surface area contributed by atoms with Crippen molar-refractivity contribution in [2.75, 3.05) is 36.0 Å². The van der Waals surface area contributed by atoms with Gasteiger partial charge in [-0.15, -0.1) is 0 Å². The van der Waals surface area contributed by atoms with Crippen molar-refractivity contribution in [3.05, 3.63) is 23.2 Å². The summed E-state index contributed by atoms with van der Waals surface area (Å²) in [7, 11) is 0. The Labute approximate surface area is 152 Å². The summed E-state index contributed by atoms with van der Waals surface area (Å²) in [5, 5.41) is 2.89. The number of carbonyl (C=O) groups excluding carboxylic acids is 2. The number of nitrogens with zero attached hydrogens (tertiary/aromatic N) is 3. The molecule has 0 bridgehead atoms. The van der Waals surface area contributed by atoms with Gasteiger partial charge in [0.2, 0.25) is 5.91 Å². The van der Waals surface area contributed by atoms with Crippen molar-refractivity contribution in [1.29, 1.82) is 0 Å². The average Bonchev–Trinajstić information content (AvgIpc) is 3.17. The summed E-state index contributed by atoms with van der Waals surface area (Å²) in [5.74, 6) is -0.237. The molecule has 1 N–H and O–H groups in total. The van der Waals surface area contributed by atoms with Gasteiger partial charge in [-0.1, -0.05) is 18.5 Å². The number of benzene rings is 1. The summed E-state index contributed by atoms with van der Waals surface area (Å²) >= 11 is 6.50. The van der Waals surface area contributed by atoms with E-state index in [1.165, 1.54) is 17.7 Å². The summed E-state index contributed by atoms with van der Waals surface area (Å²) < 4.78 is 0. The molecule has 0 aliphatic carbocycles. The van der Waals surface area contributed by atoms with Crippen LogP contribution in [0.2, 0.25) is 5.02 Å². The minimum absolute atomic E-state index is 0.237. The Hall–Kier alpha value is -1.79. The fourth-order valence-electron chi connectivity index (χ4n) is 4.48. The quantitative estimate of drug-likeness (QED) is 0.897. The highest BCUT2D eigenvalue weighted by atomic mass is 35.5. The zero-order chi connectivity index (χ0) is 17.6. The van der Waals surface area contributed by atoms with Crippen LogP contribution in [0.15, 0.2) is 18.2 Å². The molecule has 7 heteroatoms. The highest BCUT2D eigenvalue weighted by Crippen LogP contribution is 2.38. The summed E-state index contributed by atoms with van der Waals surface area (Å²) in [6.45, 7) is 5.91. The van der Waals surface area contributed by atoms with Gasteiger partial charge in [0.25, 0.3) is 0 Å². The Kier molecular flexibility index (Phi) is 4.33. The molecule has 1 aromatic carbocycles. The van der Waals surface area contributed by atoms with Crippen LogP contribution in [0.1, 0.15) is 26.2 Å². The van der Waals surface area contributed by atoms with Crippen LogP contribution in [0.4, 0.5) is 16.2 Å². The third-order valence-electron chi connectivity index (χ3n) is 5.71. The number of halogens is 1. The monoisotopic (exact) mass is 362 g/mol. The maximum absolute atomic E-state index is 12.0. The molecule has 4 rings (SSSR count). The molecule has 0 unspecified atom stereocenters. The minimum Gasteiger partial charge on any atom is -0.367 e. The number of anilines is 2. The molecule has 0 radical (unpaired) electrons. The zero-order valence-electron chi connectivity index (χ0n) is 14.4. The number of rotatable bonds is 3. The number of likely N-dealkylation sites (N-methyl/N-ethyl adjacent to an activating group) is 1. The summed E-state index contributed by atoms with van der Waals surface area (Å²) in [6, 6.07) is 6.69. The van der Waals surface area contributed by atoms with E-state index >= 15 is 0 Å². The van der Waals surface area contributed by atoms with Gasteiger partial charge in [0, 0.05) is 43.8 Å². The van der Waals surface area contributed by atoms with Crippen molar-refractivity contribution in [3.8, 4) is 0 Å².